The Balaban J connectivity index is 2.12. The first kappa shape index (κ1) is 16.7. The van der Waals surface area contributed by atoms with Crippen molar-refractivity contribution in [2.24, 2.45) is 0 Å². The predicted molar refractivity (Wildman–Crippen MR) is 85.8 cm³/mol. The molecule has 2 rings (SSSR count). The van der Waals surface area contributed by atoms with Gasteiger partial charge in [-0.05, 0) is 34.5 Å². The zero-order chi connectivity index (χ0) is 15.6. The summed E-state index contributed by atoms with van der Waals surface area (Å²) in [5.74, 6) is -1.13. The number of anilines is 1. The molecule has 0 amide bonds. The van der Waals surface area contributed by atoms with Crippen molar-refractivity contribution in [1.29, 1.82) is 0 Å². The fourth-order valence-corrected chi connectivity index (χ4v) is 6.09. The predicted octanol–water partition coefficient (Wildman–Crippen LogP) is 2.65. The second-order valence-corrected chi connectivity index (χ2v) is 10.2. The number of nitrogens with one attached hydrogen (secondary N) is 1. The number of hydrogen-bond donors (Lipinski definition) is 2. The van der Waals surface area contributed by atoms with Crippen LogP contribution in [0, 0.1) is 6.92 Å². The van der Waals surface area contributed by atoms with E-state index in [9.17, 15) is 13.2 Å². The highest BCUT2D eigenvalue weighted by Crippen LogP contribution is 2.32. The van der Waals surface area contributed by atoms with E-state index in [4.69, 9.17) is 5.11 Å². The van der Waals surface area contributed by atoms with Gasteiger partial charge in [0.2, 0.25) is 5.13 Å². The largest absolute Gasteiger partial charge is 0.481 e. The SMILES string of the molecule is Cc1cc(S(=O)(=O)Nc2nnc(SCC(=O)O)s2)sc1Br. The van der Waals surface area contributed by atoms with E-state index in [0.717, 1.165) is 43.8 Å². The highest BCUT2D eigenvalue weighted by molar-refractivity contribution is 9.11. The number of nitrogens with zero attached hydrogens (tertiary/aromatic N) is 2. The fraction of sp³-hybridized carbons (Fsp3) is 0.222. The number of aryl methyl sites for hydroxylation is 1. The number of aliphatic carboxylic acids is 1. The lowest BCUT2D eigenvalue weighted by molar-refractivity contribution is -0.133. The van der Waals surface area contributed by atoms with E-state index < -0.39 is 16.0 Å². The minimum atomic E-state index is -3.71. The topological polar surface area (TPSA) is 109 Å². The molecule has 0 radical (unpaired) electrons. The normalized spacial score (nSPS) is 11.5. The van der Waals surface area contributed by atoms with Crippen LogP contribution in [0.4, 0.5) is 5.13 Å². The van der Waals surface area contributed by atoms with E-state index in [1.165, 1.54) is 0 Å². The van der Waals surface area contributed by atoms with Gasteiger partial charge in [-0.15, -0.1) is 21.5 Å². The average molecular weight is 430 g/mol. The highest BCUT2D eigenvalue weighted by Gasteiger charge is 2.20. The van der Waals surface area contributed by atoms with Gasteiger partial charge in [-0.1, -0.05) is 23.1 Å². The summed E-state index contributed by atoms with van der Waals surface area (Å²) < 4.78 is 28.0. The number of thiophene rings is 1. The number of carboxylic acids is 1. The number of carbonyl (C=O) groups is 1. The minimum absolute atomic E-state index is 0.102. The van der Waals surface area contributed by atoms with E-state index in [0.29, 0.717) is 4.34 Å². The van der Waals surface area contributed by atoms with Gasteiger partial charge in [0.15, 0.2) is 4.34 Å². The summed E-state index contributed by atoms with van der Waals surface area (Å²) in [5, 5.41) is 16.1. The van der Waals surface area contributed by atoms with Crippen LogP contribution in [-0.4, -0.2) is 35.4 Å². The van der Waals surface area contributed by atoms with Gasteiger partial charge in [0, 0.05) is 0 Å². The van der Waals surface area contributed by atoms with E-state index in [1.807, 2.05) is 0 Å². The zero-order valence-electron chi connectivity index (χ0n) is 10.4. The summed E-state index contributed by atoms with van der Waals surface area (Å²) >= 11 is 6.35. The Labute approximate surface area is 141 Å². The summed E-state index contributed by atoms with van der Waals surface area (Å²) in [6, 6.07) is 1.55. The first-order valence-electron chi connectivity index (χ1n) is 5.25. The van der Waals surface area contributed by atoms with Crippen molar-refractivity contribution < 1.29 is 18.3 Å². The molecule has 2 aromatic heterocycles. The lowest BCUT2D eigenvalue weighted by atomic mass is 10.4. The smallest absolute Gasteiger partial charge is 0.313 e. The van der Waals surface area contributed by atoms with Gasteiger partial charge in [-0.25, -0.2) is 8.42 Å². The van der Waals surface area contributed by atoms with Crippen molar-refractivity contribution in [2.75, 3.05) is 10.5 Å². The second-order valence-electron chi connectivity index (χ2n) is 3.68. The number of hydrogen-bond acceptors (Lipinski definition) is 8. The molecule has 0 aromatic carbocycles. The molecule has 0 saturated heterocycles. The van der Waals surface area contributed by atoms with Crippen LogP contribution in [0.1, 0.15) is 5.56 Å². The quantitative estimate of drug-likeness (QED) is 0.678. The Hall–Kier alpha value is -0.690. The molecular formula is C9H8BrN3O4S4. The molecule has 21 heavy (non-hydrogen) atoms. The number of carboxylic acid groups (broad SMARTS) is 1. The Morgan fingerprint density at radius 1 is 1.48 bits per heavy atom. The zero-order valence-corrected chi connectivity index (χ0v) is 15.2. The maximum absolute atomic E-state index is 12.2. The van der Waals surface area contributed by atoms with Crippen molar-refractivity contribution in [2.45, 2.75) is 15.5 Å². The molecule has 0 aliphatic carbocycles. The average Bonchev–Trinajstić information content (AvgIpc) is 2.95. The first-order chi connectivity index (χ1) is 9.78. The molecule has 0 unspecified atom stereocenters. The number of thioether (sulfide) groups is 1. The fourth-order valence-electron chi connectivity index (χ4n) is 1.16. The molecule has 0 aliphatic heterocycles. The Bertz CT molecular complexity index is 750. The van der Waals surface area contributed by atoms with Gasteiger partial charge >= 0.3 is 5.97 Å². The van der Waals surface area contributed by atoms with Crippen LogP contribution < -0.4 is 4.72 Å². The Kier molecular flexibility index (Phi) is 5.24. The van der Waals surface area contributed by atoms with Gasteiger partial charge in [-0.3, -0.25) is 9.52 Å². The van der Waals surface area contributed by atoms with Crippen LogP contribution in [-0.2, 0) is 14.8 Å². The van der Waals surface area contributed by atoms with Gasteiger partial charge in [0.05, 0.1) is 9.54 Å². The van der Waals surface area contributed by atoms with E-state index >= 15 is 0 Å². The molecule has 2 heterocycles. The minimum Gasteiger partial charge on any atom is -0.481 e. The van der Waals surface area contributed by atoms with Crippen molar-refractivity contribution in [3.63, 3.8) is 0 Å². The third-order valence-corrected chi connectivity index (χ3v) is 8.08. The Morgan fingerprint density at radius 3 is 2.76 bits per heavy atom. The molecule has 12 heteroatoms. The van der Waals surface area contributed by atoms with E-state index in [-0.39, 0.29) is 15.1 Å². The molecule has 2 N–H and O–H groups in total. The van der Waals surface area contributed by atoms with Crippen LogP contribution in [0.2, 0.25) is 0 Å². The van der Waals surface area contributed by atoms with Gasteiger partial charge < -0.3 is 5.11 Å². The summed E-state index contributed by atoms with van der Waals surface area (Å²) in [6.07, 6.45) is 0. The van der Waals surface area contributed by atoms with Crippen molar-refractivity contribution in [3.8, 4) is 0 Å². The van der Waals surface area contributed by atoms with Crippen LogP contribution in [0.15, 0.2) is 18.4 Å². The summed E-state index contributed by atoms with van der Waals surface area (Å²) in [5.41, 5.74) is 0.829. The molecule has 0 bridgehead atoms. The van der Waals surface area contributed by atoms with Crippen molar-refractivity contribution in [3.05, 3.63) is 15.4 Å². The number of rotatable bonds is 6. The van der Waals surface area contributed by atoms with E-state index in [2.05, 4.69) is 30.8 Å². The first-order valence-corrected chi connectivity index (χ1v) is 10.1. The van der Waals surface area contributed by atoms with Crippen LogP contribution in [0.5, 0.6) is 0 Å². The standard InChI is InChI=1S/C9H8BrN3O4S4/c1-4-2-6(19-7(4)10)21(16,17)13-8-11-12-9(20-8)18-3-5(14)15/h2H,3H2,1H3,(H,11,13)(H,14,15). The molecule has 2 aromatic rings. The number of aromatic nitrogens is 2. The van der Waals surface area contributed by atoms with Crippen LogP contribution in [0.3, 0.4) is 0 Å². The number of halogens is 1. The van der Waals surface area contributed by atoms with Crippen molar-refractivity contribution in [1.82, 2.24) is 10.2 Å². The highest BCUT2D eigenvalue weighted by atomic mass is 79.9. The summed E-state index contributed by atoms with van der Waals surface area (Å²) in [6.45, 7) is 1.80. The van der Waals surface area contributed by atoms with E-state index in [1.54, 1.807) is 13.0 Å². The molecule has 7 nitrogen and oxygen atoms in total. The molecule has 114 valence electrons. The molecule has 0 saturated carbocycles. The maximum Gasteiger partial charge on any atom is 0.313 e. The lowest BCUT2D eigenvalue weighted by Gasteiger charge is -2.00. The number of sulfonamides is 1. The van der Waals surface area contributed by atoms with Gasteiger partial charge in [0.1, 0.15) is 4.21 Å². The van der Waals surface area contributed by atoms with Crippen LogP contribution >= 0.6 is 50.4 Å². The molecule has 0 aliphatic rings. The third kappa shape index (κ3) is 4.39. The third-order valence-electron chi connectivity index (χ3n) is 2.05. The van der Waals surface area contributed by atoms with Gasteiger partial charge in [-0.2, -0.15) is 0 Å². The van der Waals surface area contributed by atoms with Crippen LogP contribution in [0.25, 0.3) is 0 Å². The Morgan fingerprint density at radius 2 is 2.19 bits per heavy atom. The summed E-state index contributed by atoms with van der Waals surface area (Å²) in [7, 11) is -3.71. The molecular weight excluding hydrogens is 422 g/mol. The second kappa shape index (κ2) is 6.60. The van der Waals surface area contributed by atoms with Crippen molar-refractivity contribution >= 4 is 71.5 Å². The molecule has 0 atom stereocenters. The van der Waals surface area contributed by atoms with Gasteiger partial charge in [0.25, 0.3) is 10.0 Å². The maximum atomic E-state index is 12.2. The lowest BCUT2D eigenvalue weighted by Crippen LogP contribution is -2.11. The molecule has 0 spiro atoms. The monoisotopic (exact) mass is 429 g/mol. The molecule has 0 fully saturated rings. The summed E-state index contributed by atoms with van der Waals surface area (Å²) in [4.78, 5) is 10.4.